The molecule has 4 N–H and O–H groups in total. The van der Waals surface area contributed by atoms with Crippen molar-refractivity contribution in [1.29, 1.82) is 0 Å². The Bertz CT molecular complexity index is 1370. The van der Waals surface area contributed by atoms with E-state index in [1.54, 1.807) is 73.8 Å². The number of nitrogens with zero attached hydrogens (tertiary/aromatic N) is 2. The summed E-state index contributed by atoms with van der Waals surface area (Å²) in [7, 11) is 1.61. The largest absolute Gasteiger partial charge is 0.491 e. The summed E-state index contributed by atoms with van der Waals surface area (Å²) in [5, 5.41) is 12.4. The molecule has 0 aliphatic rings. The molecule has 1 heterocycles. The lowest BCUT2D eigenvalue weighted by molar-refractivity contribution is -0.114. The van der Waals surface area contributed by atoms with Crippen molar-refractivity contribution in [3.05, 3.63) is 89.8 Å². The number of benzene rings is 3. The van der Waals surface area contributed by atoms with Gasteiger partial charge in [0, 0.05) is 34.9 Å². The van der Waals surface area contributed by atoms with Gasteiger partial charge in [0.2, 0.25) is 11.9 Å². The van der Waals surface area contributed by atoms with Crippen molar-refractivity contribution in [2.75, 3.05) is 48.1 Å². The summed E-state index contributed by atoms with van der Waals surface area (Å²) in [6.45, 7) is 0.994. The van der Waals surface area contributed by atoms with Crippen LogP contribution in [0, 0.1) is 5.82 Å². The van der Waals surface area contributed by atoms with E-state index < -0.39 is 5.82 Å². The first-order valence-electron chi connectivity index (χ1n) is 11.7. The molecule has 0 fully saturated rings. The standard InChI is InChI=1S/C27H26ClFN6O3/c1-37-12-13-38-23-10-8-19(9-11-23)34-27-31-16-24(29)26(35-27)33-22-7-3-6-21(15-22)32-25(36)17-30-20-5-2-4-18(28)14-20/h2-11,14-16,30H,12-13,17H2,1H3,(H,32,36)(H2,31,33,34,35). The average molecular weight is 537 g/mol. The molecule has 1 amide bonds. The van der Waals surface area contributed by atoms with E-state index in [2.05, 4.69) is 31.2 Å². The number of aromatic nitrogens is 2. The smallest absolute Gasteiger partial charge is 0.243 e. The summed E-state index contributed by atoms with van der Waals surface area (Å²) >= 11 is 5.96. The van der Waals surface area contributed by atoms with E-state index in [-0.39, 0.29) is 24.2 Å². The van der Waals surface area contributed by atoms with Crippen molar-refractivity contribution >= 4 is 52.0 Å². The SMILES string of the molecule is COCCOc1ccc(Nc2ncc(F)c(Nc3cccc(NC(=O)CNc4cccc(Cl)c4)c3)n2)cc1. The first-order chi connectivity index (χ1) is 18.5. The minimum atomic E-state index is -0.627. The van der Waals surface area contributed by atoms with Crippen LogP contribution in [-0.2, 0) is 9.53 Å². The number of methoxy groups -OCH3 is 1. The highest BCUT2D eigenvalue weighted by Gasteiger charge is 2.10. The molecule has 0 atom stereocenters. The van der Waals surface area contributed by atoms with Crippen molar-refractivity contribution < 1.29 is 18.7 Å². The maximum atomic E-state index is 14.5. The predicted octanol–water partition coefficient (Wildman–Crippen LogP) is 5.83. The Hall–Kier alpha value is -4.41. The molecule has 0 aliphatic heterocycles. The van der Waals surface area contributed by atoms with Crippen LogP contribution in [0.5, 0.6) is 5.75 Å². The Balaban J connectivity index is 1.35. The third-order valence-corrected chi connectivity index (χ3v) is 5.33. The summed E-state index contributed by atoms with van der Waals surface area (Å²) in [6.07, 6.45) is 1.08. The second-order valence-electron chi connectivity index (χ2n) is 8.00. The number of amides is 1. The molecule has 0 aliphatic carbocycles. The second kappa shape index (κ2) is 13.2. The summed E-state index contributed by atoms with van der Waals surface area (Å²) in [6, 6.07) is 21.2. The number of nitrogens with one attached hydrogen (secondary N) is 4. The van der Waals surface area contributed by atoms with Gasteiger partial charge in [-0.05, 0) is 60.7 Å². The summed E-state index contributed by atoms with van der Waals surface area (Å²) in [4.78, 5) is 20.6. The Labute approximate surface area is 224 Å². The van der Waals surface area contributed by atoms with Crippen LogP contribution in [-0.4, -0.2) is 42.7 Å². The highest BCUT2D eigenvalue weighted by Crippen LogP contribution is 2.24. The first kappa shape index (κ1) is 26.6. The minimum absolute atomic E-state index is 0.0203. The number of halogens is 2. The van der Waals surface area contributed by atoms with E-state index in [4.69, 9.17) is 21.1 Å². The Morgan fingerprint density at radius 3 is 2.47 bits per heavy atom. The van der Waals surface area contributed by atoms with Gasteiger partial charge in [-0.2, -0.15) is 4.98 Å². The van der Waals surface area contributed by atoms with E-state index in [1.807, 2.05) is 6.07 Å². The maximum absolute atomic E-state index is 14.5. The zero-order valence-electron chi connectivity index (χ0n) is 20.5. The fourth-order valence-electron chi connectivity index (χ4n) is 3.32. The molecule has 1 aromatic heterocycles. The van der Waals surface area contributed by atoms with Gasteiger partial charge in [0.15, 0.2) is 11.6 Å². The summed E-state index contributed by atoms with van der Waals surface area (Å²) in [5.74, 6) is 0.00311. The van der Waals surface area contributed by atoms with Crippen molar-refractivity contribution in [2.24, 2.45) is 0 Å². The quantitative estimate of drug-likeness (QED) is 0.167. The van der Waals surface area contributed by atoms with Crippen molar-refractivity contribution in [1.82, 2.24) is 9.97 Å². The minimum Gasteiger partial charge on any atom is -0.491 e. The monoisotopic (exact) mass is 536 g/mol. The van der Waals surface area contributed by atoms with Crippen LogP contribution in [0.1, 0.15) is 0 Å². The van der Waals surface area contributed by atoms with E-state index >= 15 is 0 Å². The number of rotatable bonds is 12. The molecule has 0 spiro atoms. The van der Waals surface area contributed by atoms with Gasteiger partial charge in [0.25, 0.3) is 0 Å². The molecule has 0 saturated heterocycles. The van der Waals surface area contributed by atoms with E-state index in [0.717, 1.165) is 11.9 Å². The number of carbonyl (C=O) groups excluding carboxylic acids is 1. The van der Waals surface area contributed by atoms with Gasteiger partial charge in [-0.1, -0.05) is 23.7 Å². The molecule has 0 radical (unpaired) electrons. The zero-order valence-corrected chi connectivity index (χ0v) is 21.3. The van der Waals surface area contributed by atoms with Gasteiger partial charge in [0.05, 0.1) is 19.3 Å². The van der Waals surface area contributed by atoms with Crippen LogP contribution in [0.25, 0.3) is 0 Å². The zero-order chi connectivity index (χ0) is 26.7. The molecule has 4 rings (SSSR count). The molecule has 11 heteroatoms. The fourth-order valence-corrected chi connectivity index (χ4v) is 3.51. The third-order valence-electron chi connectivity index (χ3n) is 5.10. The van der Waals surface area contributed by atoms with Crippen LogP contribution in [0.15, 0.2) is 79.0 Å². The molecule has 196 valence electrons. The van der Waals surface area contributed by atoms with E-state index in [1.165, 1.54) is 0 Å². The number of carbonyl (C=O) groups is 1. The molecular formula is C27H26ClFN6O3. The summed E-state index contributed by atoms with van der Waals surface area (Å²) < 4.78 is 25.0. The van der Waals surface area contributed by atoms with Crippen LogP contribution in [0.4, 0.5) is 38.9 Å². The van der Waals surface area contributed by atoms with Gasteiger partial charge in [-0.15, -0.1) is 0 Å². The van der Waals surface area contributed by atoms with Gasteiger partial charge < -0.3 is 30.7 Å². The maximum Gasteiger partial charge on any atom is 0.243 e. The lowest BCUT2D eigenvalue weighted by atomic mass is 10.2. The third kappa shape index (κ3) is 8.05. The lowest BCUT2D eigenvalue weighted by Crippen LogP contribution is -2.21. The molecule has 0 saturated carbocycles. The molecule has 3 aromatic carbocycles. The van der Waals surface area contributed by atoms with Gasteiger partial charge in [-0.3, -0.25) is 4.79 Å². The fraction of sp³-hybridized carbons (Fsp3) is 0.148. The van der Waals surface area contributed by atoms with Crippen LogP contribution < -0.4 is 26.0 Å². The van der Waals surface area contributed by atoms with Gasteiger partial charge in [-0.25, -0.2) is 9.37 Å². The van der Waals surface area contributed by atoms with Crippen molar-refractivity contribution in [3.8, 4) is 5.75 Å². The van der Waals surface area contributed by atoms with Gasteiger partial charge >= 0.3 is 0 Å². The Morgan fingerprint density at radius 1 is 0.921 bits per heavy atom. The van der Waals surface area contributed by atoms with Crippen molar-refractivity contribution in [2.45, 2.75) is 0 Å². The van der Waals surface area contributed by atoms with E-state index in [0.29, 0.717) is 41.0 Å². The topological polar surface area (TPSA) is 109 Å². The number of anilines is 6. The average Bonchev–Trinajstić information content (AvgIpc) is 2.91. The number of hydrogen-bond acceptors (Lipinski definition) is 8. The second-order valence-corrected chi connectivity index (χ2v) is 8.44. The Kier molecular flexibility index (Phi) is 9.27. The molecule has 9 nitrogen and oxygen atoms in total. The highest BCUT2D eigenvalue weighted by molar-refractivity contribution is 6.30. The van der Waals surface area contributed by atoms with Crippen LogP contribution in [0.3, 0.4) is 0 Å². The van der Waals surface area contributed by atoms with E-state index in [9.17, 15) is 9.18 Å². The summed E-state index contributed by atoms with van der Waals surface area (Å²) in [5.41, 5.74) is 2.51. The van der Waals surface area contributed by atoms with Gasteiger partial charge in [0.1, 0.15) is 12.4 Å². The van der Waals surface area contributed by atoms with Crippen LogP contribution in [0.2, 0.25) is 5.02 Å². The molecule has 4 aromatic rings. The number of ether oxygens (including phenoxy) is 2. The predicted molar refractivity (Wildman–Crippen MR) is 147 cm³/mol. The van der Waals surface area contributed by atoms with Crippen molar-refractivity contribution in [3.63, 3.8) is 0 Å². The molecule has 0 bridgehead atoms. The number of hydrogen-bond donors (Lipinski definition) is 4. The normalized spacial score (nSPS) is 10.5. The molecular weight excluding hydrogens is 511 g/mol. The first-order valence-corrected chi connectivity index (χ1v) is 12.0. The molecule has 38 heavy (non-hydrogen) atoms. The highest BCUT2D eigenvalue weighted by atomic mass is 35.5. The molecule has 0 unspecified atom stereocenters. The van der Waals surface area contributed by atoms with Crippen LogP contribution >= 0.6 is 11.6 Å². The Morgan fingerprint density at radius 2 is 1.68 bits per heavy atom. The lowest BCUT2D eigenvalue weighted by Gasteiger charge is -2.12.